The molecule has 0 saturated heterocycles. The smallest absolute Gasteiger partial charge is 0.308 e. The number of nitrogens with zero attached hydrogens (tertiary/aromatic N) is 1. The van der Waals surface area contributed by atoms with Gasteiger partial charge in [0, 0.05) is 6.54 Å². The van der Waals surface area contributed by atoms with Gasteiger partial charge in [0.05, 0.1) is 17.8 Å². The Morgan fingerprint density at radius 1 is 1.21 bits per heavy atom. The standard InChI is InChI=1S/C20H19FN2O5/c1-13(20(26)22-15-7-3-2-6-14(15)21)28-19(25)10-11-23-16-8-4-5-9-17(16)27-12-18(23)24/h2-9,13H,10-12H2,1H3,(H,22,26)/t13-/m0/s1. The van der Waals surface area contributed by atoms with E-state index in [4.69, 9.17) is 9.47 Å². The minimum Gasteiger partial charge on any atom is -0.482 e. The lowest BCUT2D eigenvalue weighted by atomic mass is 10.2. The Labute approximate surface area is 161 Å². The van der Waals surface area contributed by atoms with Gasteiger partial charge in [-0.15, -0.1) is 0 Å². The molecule has 7 nitrogen and oxygen atoms in total. The van der Waals surface area contributed by atoms with Crippen molar-refractivity contribution in [3.8, 4) is 5.75 Å². The molecular weight excluding hydrogens is 367 g/mol. The SMILES string of the molecule is C[C@H](OC(=O)CCN1C(=O)COc2ccccc21)C(=O)Nc1ccccc1F. The van der Waals surface area contributed by atoms with E-state index in [0.29, 0.717) is 11.4 Å². The molecule has 0 aromatic heterocycles. The fraction of sp³-hybridized carbons (Fsp3) is 0.250. The highest BCUT2D eigenvalue weighted by Crippen LogP contribution is 2.31. The van der Waals surface area contributed by atoms with Crippen LogP contribution in [0.3, 0.4) is 0 Å². The number of amides is 2. The Morgan fingerprint density at radius 2 is 1.93 bits per heavy atom. The van der Waals surface area contributed by atoms with Gasteiger partial charge in [-0.05, 0) is 31.2 Å². The number of hydrogen-bond acceptors (Lipinski definition) is 5. The lowest BCUT2D eigenvalue weighted by Gasteiger charge is -2.29. The van der Waals surface area contributed by atoms with E-state index in [1.165, 1.54) is 30.0 Å². The third-order valence-electron chi connectivity index (χ3n) is 4.16. The number of rotatable bonds is 6. The molecule has 8 heteroatoms. The van der Waals surface area contributed by atoms with Crippen molar-refractivity contribution < 1.29 is 28.2 Å². The third kappa shape index (κ3) is 4.46. The van der Waals surface area contributed by atoms with E-state index in [1.54, 1.807) is 30.3 Å². The first-order valence-electron chi connectivity index (χ1n) is 8.73. The predicted octanol–water partition coefficient (Wildman–Crippen LogP) is 2.51. The summed E-state index contributed by atoms with van der Waals surface area (Å²) >= 11 is 0. The van der Waals surface area contributed by atoms with Gasteiger partial charge in [0.25, 0.3) is 11.8 Å². The maximum Gasteiger partial charge on any atom is 0.308 e. The zero-order valence-electron chi connectivity index (χ0n) is 15.2. The Morgan fingerprint density at radius 3 is 2.71 bits per heavy atom. The van der Waals surface area contributed by atoms with Crippen molar-refractivity contribution in [3.05, 3.63) is 54.3 Å². The van der Waals surface area contributed by atoms with Crippen molar-refractivity contribution in [2.75, 3.05) is 23.4 Å². The van der Waals surface area contributed by atoms with Crippen molar-refractivity contribution >= 4 is 29.2 Å². The molecule has 3 rings (SSSR count). The number of anilines is 2. The van der Waals surface area contributed by atoms with Gasteiger partial charge in [0.1, 0.15) is 11.6 Å². The highest BCUT2D eigenvalue weighted by Gasteiger charge is 2.26. The number of esters is 1. The molecule has 1 atom stereocenters. The Hall–Kier alpha value is -3.42. The van der Waals surface area contributed by atoms with E-state index >= 15 is 0 Å². The van der Waals surface area contributed by atoms with Gasteiger partial charge in [0.2, 0.25) is 0 Å². The van der Waals surface area contributed by atoms with Crippen molar-refractivity contribution in [2.24, 2.45) is 0 Å². The first-order chi connectivity index (χ1) is 13.5. The molecule has 0 spiro atoms. The van der Waals surface area contributed by atoms with Gasteiger partial charge in [-0.2, -0.15) is 0 Å². The normalized spacial score (nSPS) is 13.9. The quantitative estimate of drug-likeness (QED) is 0.771. The Bertz CT molecular complexity index is 902. The molecule has 1 aliphatic rings. The summed E-state index contributed by atoms with van der Waals surface area (Å²) in [6.45, 7) is 1.39. The maximum absolute atomic E-state index is 13.6. The average molecular weight is 386 g/mol. The van der Waals surface area contributed by atoms with Gasteiger partial charge in [-0.1, -0.05) is 24.3 Å². The minimum absolute atomic E-state index is 0.00548. The van der Waals surface area contributed by atoms with E-state index in [-0.39, 0.29) is 31.2 Å². The van der Waals surface area contributed by atoms with Crippen LogP contribution < -0.4 is 15.0 Å². The monoisotopic (exact) mass is 386 g/mol. The molecule has 2 aromatic rings. The molecule has 146 valence electrons. The number of halogens is 1. The van der Waals surface area contributed by atoms with Crippen LogP contribution in [0.1, 0.15) is 13.3 Å². The first kappa shape index (κ1) is 19.3. The van der Waals surface area contributed by atoms with Crippen LogP contribution in [-0.2, 0) is 19.1 Å². The van der Waals surface area contributed by atoms with Crippen molar-refractivity contribution in [1.82, 2.24) is 0 Å². The van der Waals surface area contributed by atoms with E-state index < -0.39 is 23.8 Å². The zero-order valence-corrected chi connectivity index (χ0v) is 15.2. The molecular formula is C20H19FN2O5. The van der Waals surface area contributed by atoms with Gasteiger partial charge in [0.15, 0.2) is 12.7 Å². The van der Waals surface area contributed by atoms with Crippen LogP contribution in [0.25, 0.3) is 0 Å². The largest absolute Gasteiger partial charge is 0.482 e. The second-order valence-corrected chi connectivity index (χ2v) is 6.15. The summed E-state index contributed by atoms with van der Waals surface area (Å²) < 4.78 is 24.0. The molecule has 28 heavy (non-hydrogen) atoms. The van der Waals surface area contributed by atoms with Gasteiger partial charge in [-0.3, -0.25) is 14.4 Å². The number of nitrogens with one attached hydrogen (secondary N) is 1. The van der Waals surface area contributed by atoms with Crippen molar-refractivity contribution in [3.63, 3.8) is 0 Å². The molecule has 1 aliphatic heterocycles. The van der Waals surface area contributed by atoms with Crippen LogP contribution in [0.5, 0.6) is 5.75 Å². The molecule has 0 aliphatic carbocycles. The van der Waals surface area contributed by atoms with Crippen LogP contribution >= 0.6 is 0 Å². The second kappa shape index (κ2) is 8.51. The molecule has 0 bridgehead atoms. The van der Waals surface area contributed by atoms with Crippen LogP contribution in [0, 0.1) is 5.82 Å². The summed E-state index contributed by atoms with van der Waals surface area (Å²) in [4.78, 5) is 37.7. The predicted molar refractivity (Wildman–Crippen MR) is 99.5 cm³/mol. The number of ether oxygens (including phenoxy) is 2. The average Bonchev–Trinajstić information content (AvgIpc) is 2.69. The van der Waals surface area contributed by atoms with Gasteiger partial charge >= 0.3 is 5.97 Å². The molecule has 0 saturated carbocycles. The first-order valence-corrected chi connectivity index (χ1v) is 8.73. The van der Waals surface area contributed by atoms with Crippen LogP contribution in [0.2, 0.25) is 0 Å². The number of carbonyl (C=O) groups is 3. The van der Waals surface area contributed by atoms with Crippen LogP contribution in [0.4, 0.5) is 15.8 Å². The number of fused-ring (bicyclic) bond motifs is 1. The molecule has 0 fully saturated rings. The summed E-state index contributed by atoms with van der Waals surface area (Å²) in [6.07, 6.45) is -1.21. The fourth-order valence-corrected chi connectivity index (χ4v) is 2.71. The third-order valence-corrected chi connectivity index (χ3v) is 4.16. The summed E-state index contributed by atoms with van der Waals surface area (Å²) in [6, 6.07) is 12.7. The summed E-state index contributed by atoms with van der Waals surface area (Å²) in [7, 11) is 0. The van der Waals surface area contributed by atoms with E-state index in [1.807, 2.05) is 0 Å². The Kier molecular flexibility index (Phi) is 5.88. The van der Waals surface area contributed by atoms with Crippen LogP contribution in [-0.4, -0.2) is 37.0 Å². The second-order valence-electron chi connectivity index (χ2n) is 6.15. The number of benzene rings is 2. The minimum atomic E-state index is -1.11. The lowest BCUT2D eigenvalue weighted by Crippen LogP contribution is -2.40. The van der Waals surface area contributed by atoms with Crippen LogP contribution in [0.15, 0.2) is 48.5 Å². The highest BCUT2D eigenvalue weighted by molar-refractivity contribution is 5.98. The fourth-order valence-electron chi connectivity index (χ4n) is 2.71. The zero-order chi connectivity index (χ0) is 20.1. The number of hydrogen-bond donors (Lipinski definition) is 1. The summed E-state index contributed by atoms with van der Waals surface area (Å²) in [5.41, 5.74) is 0.586. The Balaban J connectivity index is 1.53. The maximum atomic E-state index is 13.6. The molecule has 2 aromatic carbocycles. The summed E-state index contributed by atoms with van der Waals surface area (Å²) in [5, 5.41) is 2.37. The van der Waals surface area contributed by atoms with E-state index in [9.17, 15) is 18.8 Å². The molecule has 0 radical (unpaired) electrons. The van der Waals surface area contributed by atoms with Crippen molar-refractivity contribution in [2.45, 2.75) is 19.4 Å². The summed E-state index contributed by atoms with van der Waals surface area (Å²) in [5.74, 6) is -1.58. The van der Waals surface area contributed by atoms with Gasteiger partial charge < -0.3 is 19.7 Å². The highest BCUT2D eigenvalue weighted by atomic mass is 19.1. The van der Waals surface area contributed by atoms with Gasteiger partial charge in [-0.25, -0.2) is 4.39 Å². The lowest BCUT2D eigenvalue weighted by molar-refractivity contribution is -0.153. The molecule has 2 amide bonds. The van der Waals surface area contributed by atoms with E-state index in [0.717, 1.165) is 0 Å². The number of carbonyl (C=O) groups excluding carboxylic acids is 3. The molecule has 1 heterocycles. The topological polar surface area (TPSA) is 84.9 Å². The van der Waals surface area contributed by atoms with Crippen molar-refractivity contribution in [1.29, 1.82) is 0 Å². The number of para-hydroxylation sites is 3. The molecule has 1 N–H and O–H groups in total. The molecule has 0 unspecified atom stereocenters. The van der Waals surface area contributed by atoms with E-state index in [2.05, 4.69) is 5.32 Å².